The number of carbonyl (C=O) groups excluding carboxylic acids is 2. The Labute approximate surface area is 79.3 Å². The smallest absolute Gasteiger partial charge is 0.266 e. The molecule has 2 amide bonds. The minimum absolute atomic E-state index is 0.227. The zero-order valence-corrected chi connectivity index (χ0v) is 7.98. The number of carbonyl (C=O) groups is 2. The number of imide groups is 1. The number of hydrogen-bond donors (Lipinski definition) is 0. The van der Waals surface area contributed by atoms with Crippen molar-refractivity contribution in [2.45, 2.75) is 0 Å². The van der Waals surface area contributed by atoms with E-state index in [0.29, 0.717) is 0 Å². The molecule has 0 radical (unpaired) electrons. The average molecular weight is 209 g/mol. The van der Waals surface area contributed by atoms with Crippen molar-refractivity contribution >= 4 is 35.0 Å². The first kappa shape index (κ1) is 9.51. The predicted molar refractivity (Wildman–Crippen MR) is 44.3 cm³/mol. The lowest BCUT2D eigenvalue weighted by Gasteiger charge is -2.20. The van der Waals surface area contributed by atoms with Crippen molar-refractivity contribution in [1.82, 2.24) is 10.0 Å². The van der Waals surface area contributed by atoms with Crippen LogP contribution in [0.1, 0.15) is 0 Å². The van der Waals surface area contributed by atoms with Crippen molar-refractivity contribution in [2.24, 2.45) is 0 Å². The van der Waals surface area contributed by atoms with E-state index in [1.807, 2.05) is 0 Å². The van der Waals surface area contributed by atoms with Crippen LogP contribution in [0.15, 0.2) is 10.1 Å². The standard InChI is InChI=1S/C6H6Cl2N2O2/c1-9(2)10-5(11)3(7)4(8)6(10)12/h1-2H3. The number of hydrazine groups is 1. The second-order valence-corrected chi connectivity index (χ2v) is 3.15. The van der Waals surface area contributed by atoms with Gasteiger partial charge in [0, 0.05) is 14.1 Å². The largest absolute Gasteiger partial charge is 0.288 e. The van der Waals surface area contributed by atoms with Crippen LogP contribution in [0.25, 0.3) is 0 Å². The molecule has 0 saturated carbocycles. The van der Waals surface area contributed by atoms with Gasteiger partial charge in [-0.2, -0.15) is 0 Å². The van der Waals surface area contributed by atoms with Crippen molar-refractivity contribution in [3.63, 3.8) is 0 Å². The summed E-state index contributed by atoms with van der Waals surface area (Å²) in [7, 11) is 3.10. The lowest BCUT2D eigenvalue weighted by atomic mass is 10.5. The zero-order chi connectivity index (χ0) is 9.46. The van der Waals surface area contributed by atoms with Crippen LogP contribution in [0, 0.1) is 0 Å². The molecule has 0 fully saturated rings. The summed E-state index contributed by atoms with van der Waals surface area (Å²) in [5.41, 5.74) is 0. The molecule has 0 N–H and O–H groups in total. The minimum atomic E-state index is -0.586. The van der Waals surface area contributed by atoms with E-state index in [-0.39, 0.29) is 10.1 Å². The Hall–Kier alpha value is -0.580. The topological polar surface area (TPSA) is 40.6 Å². The van der Waals surface area contributed by atoms with Gasteiger partial charge in [-0.3, -0.25) is 9.59 Å². The van der Waals surface area contributed by atoms with Crippen molar-refractivity contribution in [2.75, 3.05) is 14.1 Å². The van der Waals surface area contributed by atoms with E-state index in [2.05, 4.69) is 0 Å². The van der Waals surface area contributed by atoms with Gasteiger partial charge in [-0.1, -0.05) is 23.2 Å². The van der Waals surface area contributed by atoms with Gasteiger partial charge in [-0.25, -0.2) is 10.0 Å². The molecule has 6 heteroatoms. The predicted octanol–water partition coefficient (Wildman–Crippen LogP) is 0.521. The molecule has 66 valence electrons. The summed E-state index contributed by atoms with van der Waals surface area (Å²) in [5, 5.41) is 1.73. The molecular weight excluding hydrogens is 203 g/mol. The Kier molecular flexibility index (Phi) is 2.41. The molecule has 0 aliphatic carbocycles. The van der Waals surface area contributed by atoms with Crippen molar-refractivity contribution in [3.8, 4) is 0 Å². The van der Waals surface area contributed by atoms with E-state index in [9.17, 15) is 9.59 Å². The number of amides is 2. The van der Waals surface area contributed by atoms with Crippen LogP contribution >= 0.6 is 23.2 Å². The lowest BCUT2D eigenvalue weighted by Crippen LogP contribution is -2.42. The van der Waals surface area contributed by atoms with Crippen LogP contribution in [-0.2, 0) is 9.59 Å². The van der Waals surface area contributed by atoms with Crippen molar-refractivity contribution in [1.29, 1.82) is 0 Å². The van der Waals surface area contributed by atoms with Gasteiger partial charge in [0.1, 0.15) is 10.1 Å². The van der Waals surface area contributed by atoms with Crippen LogP contribution in [0.5, 0.6) is 0 Å². The van der Waals surface area contributed by atoms with E-state index in [1.165, 1.54) is 5.01 Å². The van der Waals surface area contributed by atoms with Crippen molar-refractivity contribution in [3.05, 3.63) is 10.1 Å². The fourth-order valence-corrected chi connectivity index (χ4v) is 1.15. The molecule has 1 aliphatic heterocycles. The van der Waals surface area contributed by atoms with Gasteiger partial charge in [-0.15, -0.1) is 0 Å². The first-order valence-electron chi connectivity index (χ1n) is 3.08. The molecular formula is C6H6Cl2N2O2. The summed E-state index contributed by atoms with van der Waals surface area (Å²) >= 11 is 10.9. The molecule has 1 rings (SSSR count). The van der Waals surface area contributed by atoms with E-state index >= 15 is 0 Å². The van der Waals surface area contributed by atoms with Crippen LogP contribution in [0.3, 0.4) is 0 Å². The number of hydrogen-bond acceptors (Lipinski definition) is 3. The molecule has 0 atom stereocenters. The summed E-state index contributed by atoms with van der Waals surface area (Å²) in [6.45, 7) is 0. The molecule has 0 saturated heterocycles. The number of halogens is 2. The van der Waals surface area contributed by atoms with Gasteiger partial charge < -0.3 is 0 Å². The quantitative estimate of drug-likeness (QED) is 0.591. The highest BCUT2D eigenvalue weighted by Crippen LogP contribution is 2.26. The highest BCUT2D eigenvalue weighted by Gasteiger charge is 2.38. The van der Waals surface area contributed by atoms with E-state index in [0.717, 1.165) is 5.01 Å². The molecule has 1 aliphatic rings. The average Bonchev–Trinajstić information content (AvgIpc) is 2.16. The molecule has 0 aromatic carbocycles. The maximum absolute atomic E-state index is 11.2. The Morgan fingerprint density at radius 2 is 1.42 bits per heavy atom. The van der Waals surface area contributed by atoms with Crippen LogP contribution < -0.4 is 0 Å². The normalized spacial score (nSPS) is 18.6. The van der Waals surface area contributed by atoms with Crippen LogP contribution in [0.4, 0.5) is 0 Å². The van der Waals surface area contributed by atoms with Crippen LogP contribution in [-0.4, -0.2) is 35.9 Å². The molecule has 0 unspecified atom stereocenters. The van der Waals surface area contributed by atoms with Gasteiger partial charge in [0.2, 0.25) is 0 Å². The number of rotatable bonds is 1. The van der Waals surface area contributed by atoms with Crippen LogP contribution in [0.2, 0.25) is 0 Å². The number of nitrogens with zero attached hydrogens (tertiary/aromatic N) is 2. The molecule has 0 spiro atoms. The van der Waals surface area contributed by atoms with Gasteiger partial charge >= 0.3 is 0 Å². The van der Waals surface area contributed by atoms with Crippen molar-refractivity contribution < 1.29 is 9.59 Å². The third-order valence-electron chi connectivity index (χ3n) is 1.35. The third kappa shape index (κ3) is 1.22. The summed E-state index contributed by atoms with van der Waals surface area (Å²) in [6.07, 6.45) is 0. The maximum atomic E-state index is 11.2. The molecule has 1 heterocycles. The molecule has 0 aromatic heterocycles. The monoisotopic (exact) mass is 208 g/mol. The Morgan fingerprint density at radius 3 is 1.58 bits per heavy atom. The first-order chi connectivity index (χ1) is 5.46. The SMILES string of the molecule is CN(C)N1C(=O)C(Cl)=C(Cl)C1=O. The lowest BCUT2D eigenvalue weighted by molar-refractivity contribution is -0.151. The van der Waals surface area contributed by atoms with Gasteiger partial charge in [0.15, 0.2) is 0 Å². The zero-order valence-electron chi connectivity index (χ0n) is 6.47. The van der Waals surface area contributed by atoms with Gasteiger partial charge in [0.25, 0.3) is 11.8 Å². The first-order valence-corrected chi connectivity index (χ1v) is 3.83. The summed E-state index contributed by atoms with van der Waals surface area (Å²) in [5.74, 6) is -1.17. The van der Waals surface area contributed by atoms with Gasteiger partial charge in [0.05, 0.1) is 0 Å². The molecule has 0 bridgehead atoms. The molecule has 0 aromatic rings. The fraction of sp³-hybridized carbons (Fsp3) is 0.333. The summed E-state index contributed by atoms with van der Waals surface area (Å²) in [4.78, 5) is 22.3. The highest BCUT2D eigenvalue weighted by atomic mass is 35.5. The molecule has 4 nitrogen and oxygen atoms in total. The third-order valence-corrected chi connectivity index (χ3v) is 2.15. The summed E-state index contributed by atoms with van der Waals surface area (Å²) < 4.78 is 0. The Balaban J connectivity index is 3.04. The van der Waals surface area contributed by atoms with E-state index in [1.54, 1.807) is 14.1 Å². The second kappa shape index (κ2) is 3.05. The fourth-order valence-electron chi connectivity index (χ4n) is 0.829. The van der Waals surface area contributed by atoms with E-state index < -0.39 is 11.8 Å². The highest BCUT2D eigenvalue weighted by molar-refractivity contribution is 6.58. The Morgan fingerprint density at radius 1 is 1.08 bits per heavy atom. The maximum Gasteiger partial charge on any atom is 0.288 e. The second-order valence-electron chi connectivity index (χ2n) is 2.40. The molecule has 12 heavy (non-hydrogen) atoms. The van der Waals surface area contributed by atoms with Gasteiger partial charge in [-0.05, 0) is 0 Å². The van der Waals surface area contributed by atoms with E-state index in [4.69, 9.17) is 23.2 Å². The Bertz CT molecular complexity index is 261. The minimum Gasteiger partial charge on any atom is -0.266 e. The summed E-state index contributed by atoms with van der Waals surface area (Å²) in [6, 6.07) is 0.